The first-order valence-corrected chi connectivity index (χ1v) is 10.9. The van der Waals surface area contributed by atoms with Crippen molar-refractivity contribution in [3.8, 4) is 5.75 Å². The molecule has 4 atom stereocenters. The molecule has 0 aromatic heterocycles. The molecule has 1 aromatic carbocycles. The molecule has 1 aromatic rings. The van der Waals surface area contributed by atoms with Crippen molar-refractivity contribution >= 4 is 23.2 Å². The van der Waals surface area contributed by atoms with Gasteiger partial charge in [-0.2, -0.15) is 0 Å². The van der Waals surface area contributed by atoms with E-state index in [1.165, 1.54) is 7.11 Å². The van der Waals surface area contributed by atoms with Gasteiger partial charge in [0.2, 0.25) is 5.78 Å². The van der Waals surface area contributed by atoms with Gasteiger partial charge < -0.3 is 30.7 Å². The zero-order valence-corrected chi connectivity index (χ0v) is 19.7. The van der Waals surface area contributed by atoms with Gasteiger partial charge in [-0.15, -0.1) is 0 Å². The number of nitrogens with two attached hydrogens (primary N) is 1. The number of aliphatic hydroxyl groups is 3. The summed E-state index contributed by atoms with van der Waals surface area (Å²) in [6, 6.07) is 2.52. The molecule has 1 amide bonds. The Kier molecular flexibility index (Phi) is 5.49. The zero-order valence-electron chi connectivity index (χ0n) is 19.7. The maximum atomic E-state index is 13.7. The number of benzene rings is 1. The summed E-state index contributed by atoms with van der Waals surface area (Å²) >= 11 is 0. The highest BCUT2D eigenvalue weighted by Gasteiger charge is 2.63. The topological polar surface area (TPSA) is 154 Å². The summed E-state index contributed by atoms with van der Waals surface area (Å²) in [6.45, 7) is 0. The predicted molar refractivity (Wildman–Crippen MR) is 123 cm³/mol. The second-order valence-electron chi connectivity index (χ2n) is 9.50. The average Bonchev–Trinajstić information content (AvgIpc) is 2.74. The molecule has 3 aliphatic rings. The van der Waals surface area contributed by atoms with E-state index >= 15 is 0 Å². The van der Waals surface area contributed by atoms with Crippen molar-refractivity contribution in [2.75, 3.05) is 40.2 Å². The first kappa shape index (κ1) is 23.8. The number of ketones is 2. The number of Topliss-reactive ketones (excluding diaryl/α,β-unsaturated/α-hetero) is 2. The van der Waals surface area contributed by atoms with Gasteiger partial charge in [0.15, 0.2) is 11.4 Å². The standard InChI is InChI=1S/C24H29N3O7/c1-26(2)13-6-7-14(34-5)16-11(13)8-10-9-12-18(27(3)4)20(29)17(23(25)32)22(31)24(12,33)21(30)15(10)19(16)28/h6-7,10,12,18,29-30,33H,8-9H2,1-5H3,(H2,25,32)/t10?,12?,18-,24-/m0/s1. The number of fused-ring (bicyclic) bond motifs is 3. The van der Waals surface area contributed by atoms with Crippen LogP contribution in [0, 0.1) is 11.8 Å². The van der Waals surface area contributed by atoms with Crippen LogP contribution in [0.3, 0.4) is 0 Å². The Morgan fingerprint density at radius 2 is 1.82 bits per heavy atom. The minimum absolute atomic E-state index is 0.0866. The van der Waals surface area contributed by atoms with Crippen LogP contribution in [-0.4, -0.2) is 84.6 Å². The Bertz CT molecular complexity index is 1180. The fraction of sp³-hybridized carbons (Fsp3) is 0.458. The summed E-state index contributed by atoms with van der Waals surface area (Å²) in [6.07, 6.45) is 0.453. The number of carbonyl (C=O) groups excluding carboxylic acids is 3. The molecule has 10 nitrogen and oxygen atoms in total. The van der Waals surface area contributed by atoms with Crippen LogP contribution >= 0.6 is 0 Å². The number of ether oxygens (including phenoxy) is 1. The molecule has 0 spiro atoms. The van der Waals surface area contributed by atoms with Crippen LogP contribution < -0.4 is 15.4 Å². The molecule has 0 saturated heterocycles. The van der Waals surface area contributed by atoms with Gasteiger partial charge in [0, 0.05) is 31.3 Å². The zero-order chi connectivity index (χ0) is 25.3. The lowest BCUT2D eigenvalue weighted by molar-refractivity contribution is -0.148. The van der Waals surface area contributed by atoms with Gasteiger partial charge in [0.05, 0.1) is 18.7 Å². The lowest BCUT2D eigenvalue weighted by Gasteiger charge is -2.50. The number of anilines is 1. The maximum Gasteiger partial charge on any atom is 0.255 e. The molecule has 0 bridgehead atoms. The minimum Gasteiger partial charge on any atom is -0.510 e. The Balaban J connectivity index is 1.98. The number of likely N-dealkylation sites (N-methyl/N-ethyl adjacent to an activating group) is 1. The lowest BCUT2D eigenvalue weighted by atomic mass is 9.58. The van der Waals surface area contributed by atoms with E-state index in [0.717, 1.165) is 11.3 Å². The molecular formula is C24H29N3O7. The molecule has 2 unspecified atom stereocenters. The smallest absolute Gasteiger partial charge is 0.255 e. The van der Waals surface area contributed by atoms with E-state index in [1.54, 1.807) is 25.1 Å². The Morgan fingerprint density at radius 1 is 1.18 bits per heavy atom. The molecule has 0 aliphatic heterocycles. The quantitative estimate of drug-likeness (QED) is 0.459. The van der Waals surface area contributed by atoms with Crippen LogP contribution in [-0.2, 0) is 16.0 Å². The van der Waals surface area contributed by atoms with E-state index in [2.05, 4.69) is 0 Å². The summed E-state index contributed by atoms with van der Waals surface area (Å²) in [7, 11) is 8.36. The molecule has 0 radical (unpaired) electrons. The summed E-state index contributed by atoms with van der Waals surface area (Å²) in [5.74, 6) is -5.57. The highest BCUT2D eigenvalue weighted by atomic mass is 16.5. The van der Waals surface area contributed by atoms with Crippen LogP contribution in [0.15, 0.2) is 34.8 Å². The van der Waals surface area contributed by atoms with Gasteiger partial charge in [-0.05, 0) is 50.6 Å². The molecule has 4 rings (SSSR count). The monoisotopic (exact) mass is 471 g/mol. The second kappa shape index (κ2) is 7.85. The van der Waals surface area contributed by atoms with Gasteiger partial charge >= 0.3 is 0 Å². The third-order valence-electron chi connectivity index (χ3n) is 7.27. The fourth-order valence-corrected chi connectivity index (χ4v) is 5.81. The molecule has 3 aliphatic carbocycles. The third-order valence-corrected chi connectivity index (χ3v) is 7.27. The molecule has 0 heterocycles. The van der Waals surface area contributed by atoms with Crippen LogP contribution in [0.1, 0.15) is 22.3 Å². The largest absolute Gasteiger partial charge is 0.510 e. The minimum atomic E-state index is -2.59. The molecule has 0 saturated carbocycles. The summed E-state index contributed by atoms with van der Waals surface area (Å²) in [5.41, 5.74) is 3.71. The number of carbonyl (C=O) groups is 3. The normalized spacial score (nSPS) is 28.5. The summed E-state index contributed by atoms with van der Waals surface area (Å²) in [5, 5.41) is 33.7. The highest BCUT2D eigenvalue weighted by molar-refractivity contribution is 6.24. The Morgan fingerprint density at radius 3 is 2.35 bits per heavy atom. The van der Waals surface area contributed by atoms with Crippen molar-refractivity contribution < 1.29 is 34.4 Å². The lowest BCUT2D eigenvalue weighted by Crippen LogP contribution is -2.63. The SMILES string of the molecule is COc1ccc(N(C)C)c2c1C(=O)C1=C(O)[C@]3(O)C(=O)C(C(N)=O)=C(O)[C@@H](N(C)C)C3CC1C2. The maximum absolute atomic E-state index is 13.7. The van der Waals surface area contributed by atoms with Gasteiger partial charge in [0.25, 0.3) is 5.91 Å². The number of nitrogens with zero attached hydrogens (tertiary/aromatic N) is 2. The molecule has 0 fully saturated rings. The fourth-order valence-electron chi connectivity index (χ4n) is 5.81. The highest BCUT2D eigenvalue weighted by Crippen LogP contribution is 2.53. The van der Waals surface area contributed by atoms with Crippen LogP contribution in [0.2, 0.25) is 0 Å². The number of rotatable bonds is 4. The van der Waals surface area contributed by atoms with Gasteiger partial charge in [-0.3, -0.25) is 19.3 Å². The summed E-state index contributed by atoms with van der Waals surface area (Å²) in [4.78, 5) is 42.5. The first-order valence-electron chi connectivity index (χ1n) is 10.9. The first-order chi connectivity index (χ1) is 15.9. The van der Waals surface area contributed by atoms with Crippen molar-refractivity contribution in [2.24, 2.45) is 17.6 Å². The molecular weight excluding hydrogens is 442 g/mol. The number of aliphatic hydroxyl groups excluding tert-OH is 2. The van der Waals surface area contributed by atoms with E-state index in [4.69, 9.17) is 10.5 Å². The van der Waals surface area contributed by atoms with E-state index in [0.29, 0.717) is 12.2 Å². The molecule has 34 heavy (non-hydrogen) atoms. The third kappa shape index (κ3) is 2.98. The van der Waals surface area contributed by atoms with Crippen molar-refractivity contribution in [1.82, 2.24) is 4.90 Å². The summed E-state index contributed by atoms with van der Waals surface area (Å²) < 4.78 is 5.42. The predicted octanol–water partition coefficient (Wildman–Crippen LogP) is 0.490. The van der Waals surface area contributed by atoms with E-state index in [9.17, 15) is 29.7 Å². The van der Waals surface area contributed by atoms with Crippen LogP contribution in [0.25, 0.3) is 0 Å². The number of hydrogen-bond donors (Lipinski definition) is 4. The second-order valence-corrected chi connectivity index (χ2v) is 9.50. The van der Waals surface area contributed by atoms with Crippen molar-refractivity contribution in [3.63, 3.8) is 0 Å². The van der Waals surface area contributed by atoms with E-state index < -0.39 is 58.0 Å². The Hall–Kier alpha value is -3.37. The van der Waals surface area contributed by atoms with Crippen LogP contribution in [0.4, 0.5) is 5.69 Å². The van der Waals surface area contributed by atoms with Crippen molar-refractivity contribution in [2.45, 2.75) is 24.5 Å². The average molecular weight is 472 g/mol. The van der Waals surface area contributed by atoms with Crippen molar-refractivity contribution in [1.29, 1.82) is 0 Å². The van der Waals surface area contributed by atoms with E-state index in [-0.39, 0.29) is 17.6 Å². The van der Waals surface area contributed by atoms with Gasteiger partial charge in [-0.25, -0.2) is 0 Å². The number of amides is 1. The molecule has 10 heteroatoms. The van der Waals surface area contributed by atoms with Gasteiger partial charge in [0.1, 0.15) is 22.8 Å². The number of primary amides is 1. The van der Waals surface area contributed by atoms with Crippen LogP contribution in [0.5, 0.6) is 5.75 Å². The number of hydrogen-bond acceptors (Lipinski definition) is 9. The van der Waals surface area contributed by atoms with Gasteiger partial charge in [-0.1, -0.05) is 0 Å². The Labute approximate surface area is 196 Å². The number of allylic oxidation sites excluding steroid dienone is 1. The molecule has 5 N–H and O–H groups in total. The molecule has 182 valence electrons. The number of methoxy groups -OCH3 is 1. The van der Waals surface area contributed by atoms with E-state index in [1.807, 2.05) is 25.1 Å². The van der Waals surface area contributed by atoms with Crippen molar-refractivity contribution in [3.05, 3.63) is 45.9 Å².